The van der Waals surface area contributed by atoms with Gasteiger partial charge in [-0.2, -0.15) is 0 Å². The van der Waals surface area contributed by atoms with E-state index in [0.29, 0.717) is 18.0 Å². The normalized spacial score (nSPS) is 11.6. The quantitative estimate of drug-likeness (QED) is 0.744. The van der Waals surface area contributed by atoms with Crippen LogP contribution in [0.2, 0.25) is 0 Å². The van der Waals surface area contributed by atoms with Crippen molar-refractivity contribution in [1.29, 1.82) is 0 Å². The van der Waals surface area contributed by atoms with E-state index in [9.17, 15) is 4.79 Å². The molecule has 1 atom stereocenters. The minimum atomic E-state index is -0.182. The van der Waals surface area contributed by atoms with Crippen molar-refractivity contribution < 1.29 is 14.3 Å². The number of thioether (sulfide) groups is 1. The van der Waals surface area contributed by atoms with Crippen LogP contribution < -0.4 is 14.8 Å². The molecule has 0 heterocycles. The van der Waals surface area contributed by atoms with Gasteiger partial charge in [0.1, 0.15) is 0 Å². The molecule has 0 saturated carbocycles. The third-order valence-corrected chi connectivity index (χ3v) is 4.69. The van der Waals surface area contributed by atoms with Crippen molar-refractivity contribution in [2.45, 2.75) is 23.5 Å². The molecule has 5 heteroatoms. The average Bonchev–Trinajstić information content (AvgIpc) is 2.62. The average molecular weight is 345 g/mol. The number of hydrogen-bond donors (Lipinski definition) is 1. The highest BCUT2D eigenvalue weighted by Crippen LogP contribution is 2.33. The standard InChI is InChI=1S/C19H23NO3S/c1-14(19(21)20-12-11-15-7-5-4-6-8-15)24-16-9-10-17(22-2)18(13-16)23-3/h4-10,13-14H,11-12H2,1-3H3,(H,20,21)/t14-/m0/s1. The van der Waals surface area contributed by atoms with Crippen LogP contribution in [0.25, 0.3) is 0 Å². The van der Waals surface area contributed by atoms with Crippen LogP contribution in [0, 0.1) is 0 Å². The summed E-state index contributed by atoms with van der Waals surface area (Å²) in [5.74, 6) is 1.38. The summed E-state index contributed by atoms with van der Waals surface area (Å²) < 4.78 is 10.5. The second-order valence-electron chi connectivity index (χ2n) is 5.30. The number of hydrogen-bond acceptors (Lipinski definition) is 4. The molecule has 2 aromatic carbocycles. The zero-order valence-corrected chi connectivity index (χ0v) is 15.1. The monoisotopic (exact) mass is 345 g/mol. The zero-order valence-electron chi connectivity index (χ0n) is 14.2. The van der Waals surface area contributed by atoms with Crippen LogP contribution in [0.4, 0.5) is 0 Å². The molecule has 2 aromatic rings. The van der Waals surface area contributed by atoms with Crippen molar-refractivity contribution in [3.05, 3.63) is 54.1 Å². The van der Waals surface area contributed by atoms with Crippen LogP contribution in [0.5, 0.6) is 11.5 Å². The maximum Gasteiger partial charge on any atom is 0.233 e. The van der Waals surface area contributed by atoms with Crippen molar-refractivity contribution in [3.8, 4) is 11.5 Å². The van der Waals surface area contributed by atoms with Crippen LogP contribution >= 0.6 is 11.8 Å². The predicted octanol–water partition coefficient (Wildman–Crippen LogP) is 3.54. The fraction of sp³-hybridized carbons (Fsp3) is 0.316. The van der Waals surface area contributed by atoms with Crippen LogP contribution in [0.15, 0.2) is 53.4 Å². The summed E-state index contributed by atoms with van der Waals surface area (Å²) in [7, 11) is 3.21. The molecule has 128 valence electrons. The van der Waals surface area contributed by atoms with Gasteiger partial charge in [0.15, 0.2) is 11.5 Å². The van der Waals surface area contributed by atoms with E-state index in [-0.39, 0.29) is 11.2 Å². The molecule has 0 aliphatic heterocycles. The summed E-state index contributed by atoms with van der Waals surface area (Å²) in [5.41, 5.74) is 1.22. The first-order valence-electron chi connectivity index (χ1n) is 7.84. The molecule has 0 aromatic heterocycles. The van der Waals surface area contributed by atoms with Gasteiger partial charge in [-0.1, -0.05) is 30.3 Å². The van der Waals surface area contributed by atoms with Gasteiger partial charge in [-0.3, -0.25) is 4.79 Å². The van der Waals surface area contributed by atoms with Crippen LogP contribution in [-0.4, -0.2) is 31.9 Å². The third-order valence-electron chi connectivity index (χ3n) is 3.59. The zero-order chi connectivity index (χ0) is 17.4. The molecule has 4 nitrogen and oxygen atoms in total. The second-order valence-corrected chi connectivity index (χ2v) is 6.72. The number of nitrogens with one attached hydrogen (secondary N) is 1. The predicted molar refractivity (Wildman–Crippen MR) is 98.0 cm³/mol. The molecule has 24 heavy (non-hydrogen) atoms. The van der Waals surface area contributed by atoms with E-state index < -0.39 is 0 Å². The van der Waals surface area contributed by atoms with Gasteiger partial charge >= 0.3 is 0 Å². The number of carbonyl (C=O) groups is 1. The summed E-state index contributed by atoms with van der Waals surface area (Å²) in [6, 6.07) is 15.8. The molecule has 0 aliphatic rings. The van der Waals surface area contributed by atoms with E-state index >= 15 is 0 Å². The molecule has 0 bridgehead atoms. The Hall–Kier alpha value is -2.14. The minimum absolute atomic E-state index is 0.0331. The summed E-state index contributed by atoms with van der Waals surface area (Å²) in [4.78, 5) is 13.2. The van der Waals surface area contributed by atoms with E-state index in [2.05, 4.69) is 17.4 Å². The Morgan fingerprint density at radius 1 is 1.08 bits per heavy atom. The van der Waals surface area contributed by atoms with Crippen molar-refractivity contribution >= 4 is 17.7 Å². The molecular weight excluding hydrogens is 322 g/mol. The van der Waals surface area contributed by atoms with E-state index in [1.54, 1.807) is 14.2 Å². The van der Waals surface area contributed by atoms with Gasteiger partial charge in [0.2, 0.25) is 5.91 Å². The van der Waals surface area contributed by atoms with E-state index in [1.807, 2.05) is 43.3 Å². The molecule has 0 radical (unpaired) electrons. The third kappa shape index (κ3) is 5.20. The lowest BCUT2D eigenvalue weighted by Crippen LogP contribution is -2.32. The molecule has 0 aliphatic carbocycles. The highest BCUT2D eigenvalue weighted by Gasteiger charge is 2.15. The Balaban J connectivity index is 1.85. The van der Waals surface area contributed by atoms with Crippen molar-refractivity contribution in [2.24, 2.45) is 0 Å². The number of carbonyl (C=O) groups excluding carboxylic acids is 1. The summed E-state index contributed by atoms with van der Waals surface area (Å²) in [6.07, 6.45) is 0.834. The van der Waals surface area contributed by atoms with Crippen molar-refractivity contribution in [1.82, 2.24) is 5.32 Å². The number of amides is 1. The lowest BCUT2D eigenvalue weighted by Gasteiger charge is -2.14. The Kier molecular flexibility index (Phi) is 7.00. The Morgan fingerprint density at radius 3 is 2.46 bits per heavy atom. The number of benzene rings is 2. The van der Waals surface area contributed by atoms with Crippen molar-refractivity contribution in [3.63, 3.8) is 0 Å². The van der Waals surface area contributed by atoms with Gasteiger partial charge in [0.05, 0.1) is 19.5 Å². The Bertz CT molecular complexity index is 661. The molecule has 0 unspecified atom stereocenters. The van der Waals surface area contributed by atoms with Crippen LogP contribution in [0.3, 0.4) is 0 Å². The Morgan fingerprint density at radius 2 is 1.79 bits per heavy atom. The van der Waals surface area contributed by atoms with Gasteiger partial charge in [0.25, 0.3) is 0 Å². The molecular formula is C19H23NO3S. The fourth-order valence-electron chi connectivity index (χ4n) is 2.27. The van der Waals surface area contributed by atoms with Crippen molar-refractivity contribution in [2.75, 3.05) is 20.8 Å². The highest BCUT2D eigenvalue weighted by molar-refractivity contribution is 8.00. The number of ether oxygens (including phenoxy) is 2. The van der Waals surface area contributed by atoms with Gasteiger partial charge in [0, 0.05) is 11.4 Å². The lowest BCUT2D eigenvalue weighted by molar-refractivity contribution is -0.120. The van der Waals surface area contributed by atoms with Crippen LogP contribution in [-0.2, 0) is 11.2 Å². The summed E-state index contributed by atoms with van der Waals surface area (Å²) in [6.45, 7) is 2.54. The first-order valence-corrected chi connectivity index (χ1v) is 8.72. The smallest absolute Gasteiger partial charge is 0.233 e. The molecule has 0 spiro atoms. The summed E-state index contributed by atoms with van der Waals surface area (Å²) in [5, 5.41) is 2.81. The van der Waals surface area contributed by atoms with Gasteiger partial charge < -0.3 is 14.8 Å². The van der Waals surface area contributed by atoms with E-state index in [4.69, 9.17) is 9.47 Å². The van der Waals surface area contributed by atoms with Crippen LogP contribution in [0.1, 0.15) is 12.5 Å². The Labute approximate surface area is 147 Å². The second kappa shape index (κ2) is 9.23. The molecule has 1 N–H and O–H groups in total. The first kappa shape index (κ1) is 18.2. The lowest BCUT2D eigenvalue weighted by atomic mass is 10.1. The molecule has 1 amide bonds. The van der Waals surface area contributed by atoms with Gasteiger partial charge in [-0.15, -0.1) is 11.8 Å². The number of rotatable bonds is 8. The largest absolute Gasteiger partial charge is 0.493 e. The SMILES string of the molecule is COc1ccc(S[C@@H](C)C(=O)NCCc2ccccc2)cc1OC. The highest BCUT2D eigenvalue weighted by atomic mass is 32.2. The topological polar surface area (TPSA) is 47.6 Å². The van der Waals surface area contributed by atoms with Gasteiger partial charge in [-0.25, -0.2) is 0 Å². The van der Waals surface area contributed by atoms with E-state index in [1.165, 1.54) is 17.3 Å². The maximum atomic E-state index is 12.2. The maximum absolute atomic E-state index is 12.2. The molecule has 2 rings (SSSR count). The number of methoxy groups -OCH3 is 2. The molecule has 0 saturated heterocycles. The minimum Gasteiger partial charge on any atom is -0.493 e. The summed E-state index contributed by atoms with van der Waals surface area (Å²) >= 11 is 1.50. The van der Waals surface area contributed by atoms with Gasteiger partial charge in [-0.05, 0) is 37.1 Å². The fourth-order valence-corrected chi connectivity index (χ4v) is 3.19. The van der Waals surface area contributed by atoms with E-state index in [0.717, 1.165) is 11.3 Å². The first-order chi connectivity index (χ1) is 11.6. The molecule has 0 fully saturated rings.